The van der Waals surface area contributed by atoms with Gasteiger partial charge in [-0.05, 0) is 13.0 Å². The minimum atomic E-state index is -0.225. The second-order valence-corrected chi connectivity index (χ2v) is 4.24. The number of carbonyl (C=O) groups excluding carboxylic acids is 1. The number of ether oxygens (including phenoxy) is 1. The maximum absolute atomic E-state index is 11.5. The second kappa shape index (κ2) is 4.53. The summed E-state index contributed by atoms with van der Waals surface area (Å²) in [5, 5.41) is 12.5. The normalized spacial score (nSPS) is 20.1. The van der Waals surface area contributed by atoms with E-state index in [0.29, 0.717) is 11.3 Å². The SMILES string of the molecule is CC1c2ccc(C(=O)CBr)cc2OCN1[O-]. The standard InChI is InChI=1S/C11H11BrNO3/c1-7-9-3-2-8(10(14)5-12)4-11(9)16-6-13(7)15/h2-4,7H,5-6H2,1H3/q-1. The van der Waals surface area contributed by atoms with E-state index in [2.05, 4.69) is 15.9 Å². The van der Waals surface area contributed by atoms with Crippen LogP contribution in [0.5, 0.6) is 5.75 Å². The molecular weight excluding hydrogens is 274 g/mol. The van der Waals surface area contributed by atoms with E-state index < -0.39 is 0 Å². The molecule has 86 valence electrons. The molecule has 4 nitrogen and oxygen atoms in total. The van der Waals surface area contributed by atoms with Gasteiger partial charge in [-0.1, -0.05) is 28.1 Å². The van der Waals surface area contributed by atoms with Gasteiger partial charge in [0, 0.05) is 17.2 Å². The van der Waals surface area contributed by atoms with Gasteiger partial charge in [0.05, 0.1) is 5.33 Å². The molecule has 0 radical (unpaired) electrons. The van der Waals surface area contributed by atoms with Crippen LogP contribution in [0.3, 0.4) is 0 Å². The summed E-state index contributed by atoms with van der Waals surface area (Å²) in [4.78, 5) is 11.5. The van der Waals surface area contributed by atoms with Crippen LogP contribution < -0.4 is 4.74 Å². The van der Waals surface area contributed by atoms with Crippen molar-refractivity contribution < 1.29 is 9.53 Å². The van der Waals surface area contributed by atoms with Crippen molar-refractivity contribution in [2.24, 2.45) is 0 Å². The maximum atomic E-state index is 11.5. The summed E-state index contributed by atoms with van der Waals surface area (Å²) < 4.78 is 5.29. The molecule has 0 aliphatic carbocycles. The molecule has 0 saturated heterocycles. The Hall–Kier alpha value is -0.910. The second-order valence-electron chi connectivity index (χ2n) is 3.68. The van der Waals surface area contributed by atoms with E-state index in [9.17, 15) is 10.0 Å². The topological polar surface area (TPSA) is 52.6 Å². The van der Waals surface area contributed by atoms with Gasteiger partial charge in [-0.25, -0.2) is 0 Å². The highest BCUT2D eigenvalue weighted by Crippen LogP contribution is 2.33. The molecule has 0 saturated carbocycles. The molecular formula is C11H11BrNO3-. The fourth-order valence-electron chi connectivity index (χ4n) is 1.66. The van der Waals surface area contributed by atoms with Gasteiger partial charge >= 0.3 is 0 Å². The molecule has 1 aliphatic heterocycles. The van der Waals surface area contributed by atoms with Crippen LogP contribution in [0.15, 0.2) is 18.2 Å². The Balaban J connectivity index is 2.37. The first kappa shape index (κ1) is 11.6. The zero-order valence-electron chi connectivity index (χ0n) is 8.77. The highest BCUT2D eigenvalue weighted by atomic mass is 79.9. The molecule has 0 aromatic heterocycles. The Labute approximate surface area is 102 Å². The minimum absolute atomic E-state index is 0.00334. The van der Waals surface area contributed by atoms with E-state index in [4.69, 9.17) is 4.74 Å². The van der Waals surface area contributed by atoms with Gasteiger partial charge in [0.15, 0.2) is 5.78 Å². The number of ketones is 1. The molecule has 1 aromatic carbocycles. The Bertz CT molecular complexity index is 422. The van der Waals surface area contributed by atoms with Gasteiger partial charge in [-0.15, -0.1) is 0 Å². The van der Waals surface area contributed by atoms with Crippen LogP contribution in [0.1, 0.15) is 28.9 Å². The van der Waals surface area contributed by atoms with Crippen LogP contribution in [0.2, 0.25) is 0 Å². The number of hydrogen-bond donors (Lipinski definition) is 0. The molecule has 0 amide bonds. The number of hydrogen-bond acceptors (Lipinski definition) is 4. The first-order chi connectivity index (χ1) is 7.63. The zero-order chi connectivity index (χ0) is 11.7. The largest absolute Gasteiger partial charge is 0.782 e. The fraction of sp³-hybridized carbons (Fsp3) is 0.364. The predicted molar refractivity (Wildman–Crippen MR) is 63.7 cm³/mol. The minimum Gasteiger partial charge on any atom is -0.782 e. The molecule has 0 fully saturated rings. The third kappa shape index (κ3) is 1.98. The first-order valence-electron chi connectivity index (χ1n) is 4.93. The number of alkyl halides is 1. The van der Waals surface area contributed by atoms with Gasteiger partial charge < -0.3 is 15.0 Å². The monoisotopic (exact) mass is 284 g/mol. The lowest BCUT2D eigenvalue weighted by Crippen LogP contribution is -2.30. The lowest BCUT2D eigenvalue weighted by Gasteiger charge is -2.39. The number of hydroxylamine groups is 2. The highest BCUT2D eigenvalue weighted by molar-refractivity contribution is 9.09. The van der Waals surface area contributed by atoms with Crippen LogP contribution in [-0.4, -0.2) is 22.9 Å². The molecule has 1 unspecified atom stereocenters. The summed E-state index contributed by atoms with van der Waals surface area (Å²) in [7, 11) is 0. The predicted octanol–water partition coefficient (Wildman–Crippen LogP) is 2.47. The number of halogens is 1. The Morgan fingerprint density at radius 2 is 2.44 bits per heavy atom. The molecule has 1 atom stereocenters. The van der Waals surface area contributed by atoms with Gasteiger partial charge in [0.2, 0.25) is 0 Å². The number of Topliss-reactive ketones (excluding diaryl/α,β-unsaturated/α-hetero) is 1. The Morgan fingerprint density at radius 1 is 1.69 bits per heavy atom. The van der Waals surface area contributed by atoms with Crippen molar-refractivity contribution in [2.45, 2.75) is 13.0 Å². The quantitative estimate of drug-likeness (QED) is 0.618. The number of benzene rings is 1. The first-order valence-corrected chi connectivity index (χ1v) is 6.05. The van der Waals surface area contributed by atoms with Crippen molar-refractivity contribution >= 4 is 21.7 Å². The number of rotatable bonds is 2. The lowest BCUT2D eigenvalue weighted by molar-refractivity contribution is 0.101. The molecule has 0 bridgehead atoms. The third-order valence-corrected chi connectivity index (χ3v) is 3.20. The molecule has 2 rings (SSSR count). The molecule has 1 aliphatic rings. The van der Waals surface area contributed by atoms with Crippen molar-refractivity contribution in [2.75, 3.05) is 12.1 Å². The fourth-order valence-corrected chi connectivity index (χ4v) is 1.98. The average Bonchev–Trinajstić information content (AvgIpc) is 2.32. The van der Waals surface area contributed by atoms with Crippen molar-refractivity contribution in [1.82, 2.24) is 5.06 Å². The van der Waals surface area contributed by atoms with Crippen molar-refractivity contribution in [3.05, 3.63) is 34.5 Å². The molecule has 5 heteroatoms. The van der Waals surface area contributed by atoms with Crippen LogP contribution >= 0.6 is 15.9 Å². The Kier molecular flexibility index (Phi) is 3.28. The van der Waals surface area contributed by atoms with Crippen molar-refractivity contribution in [3.63, 3.8) is 0 Å². The van der Waals surface area contributed by atoms with E-state index in [1.165, 1.54) is 0 Å². The van der Waals surface area contributed by atoms with Crippen molar-refractivity contribution in [1.29, 1.82) is 0 Å². The summed E-state index contributed by atoms with van der Waals surface area (Å²) in [6.07, 6.45) is 0. The van der Waals surface area contributed by atoms with Crippen LogP contribution in [0.25, 0.3) is 0 Å². The summed E-state index contributed by atoms with van der Waals surface area (Å²) in [6.45, 7) is 1.83. The van der Waals surface area contributed by atoms with Gasteiger partial charge in [0.1, 0.15) is 12.5 Å². The molecule has 1 heterocycles. The number of nitrogens with zero attached hydrogens (tertiary/aromatic N) is 1. The van der Waals surface area contributed by atoms with E-state index >= 15 is 0 Å². The van der Waals surface area contributed by atoms with E-state index in [1.807, 2.05) is 6.92 Å². The summed E-state index contributed by atoms with van der Waals surface area (Å²) in [6, 6.07) is 4.97. The third-order valence-electron chi connectivity index (χ3n) is 2.69. The van der Waals surface area contributed by atoms with Gasteiger partial charge in [-0.3, -0.25) is 4.79 Å². The molecule has 0 N–H and O–H groups in total. The van der Waals surface area contributed by atoms with Gasteiger partial charge in [-0.2, -0.15) is 0 Å². The average molecular weight is 285 g/mol. The highest BCUT2D eigenvalue weighted by Gasteiger charge is 2.20. The smallest absolute Gasteiger partial charge is 0.173 e. The van der Waals surface area contributed by atoms with Crippen LogP contribution in [0.4, 0.5) is 0 Å². The zero-order valence-corrected chi connectivity index (χ0v) is 10.4. The van der Waals surface area contributed by atoms with Crippen LogP contribution in [-0.2, 0) is 0 Å². The number of fused-ring (bicyclic) bond motifs is 1. The Morgan fingerprint density at radius 3 is 3.12 bits per heavy atom. The van der Waals surface area contributed by atoms with E-state index in [-0.39, 0.29) is 23.9 Å². The maximum Gasteiger partial charge on any atom is 0.173 e. The summed E-state index contributed by atoms with van der Waals surface area (Å²) in [5.41, 5.74) is 1.43. The lowest BCUT2D eigenvalue weighted by atomic mass is 10.0. The van der Waals surface area contributed by atoms with E-state index in [0.717, 1.165) is 10.6 Å². The molecule has 0 spiro atoms. The molecule has 1 aromatic rings. The van der Waals surface area contributed by atoms with Gasteiger partial charge in [0.25, 0.3) is 0 Å². The molecule has 16 heavy (non-hydrogen) atoms. The van der Waals surface area contributed by atoms with E-state index in [1.54, 1.807) is 18.2 Å². The summed E-state index contributed by atoms with van der Waals surface area (Å²) >= 11 is 3.12. The van der Waals surface area contributed by atoms with Crippen LogP contribution in [0, 0.1) is 5.21 Å². The number of carbonyl (C=O) groups is 1. The summed E-state index contributed by atoms with van der Waals surface area (Å²) in [5.74, 6) is 0.634. The van der Waals surface area contributed by atoms with Crippen molar-refractivity contribution in [3.8, 4) is 5.75 Å².